The van der Waals surface area contributed by atoms with Gasteiger partial charge in [0.1, 0.15) is 5.75 Å². The summed E-state index contributed by atoms with van der Waals surface area (Å²) in [6.45, 7) is 0. The molecule has 0 radical (unpaired) electrons. The molecule has 0 spiro atoms. The van der Waals surface area contributed by atoms with E-state index in [1.807, 2.05) is 0 Å². The molecule has 0 aromatic heterocycles. The van der Waals surface area contributed by atoms with Gasteiger partial charge in [0.2, 0.25) is 11.9 Å². The fourth-order valence-electron chi connectivity index (χ4n) is 3.13. The average Bonchev–Trinajstić information content (AvgIpc) is 2.69. The number of methoxy groups -OCH3 is 3. The first-order valence-electron chi connectivity index (χ1n) is 7.95. The van der Waals surface area contributed by atoms with E-state index in [2.05, 4.69) is 0 Å². The molecule has 0 bridgehead atoms. The molecule has 0 aliphatic carbocycles. The van der Waals surface area contributed by atoms with Crippen LogP contribution in [0.25, 0.3) is 0 Å². The predicted molar refractivity (Wildman–Crippen MR) is 96.4 cm³/mol. The van der Waals surface area contributed by atoms with E-state index in [1.165, 1.54) is 39.5 Å². The van der Waals surface area contributed by atoms with E-state index in [4.69, 9.17) is 30.5 Å². The Bertz CT molecular complexity index is 850. The summed E-state index contributed by atoms with van der Waals surface area (Å²) in [5.41, 5.74) is 0.539. The fourth-order valence-corrected chi connectivity index (χ4v) is 3.42. The van der Waals surface area contributed by atoms with Gasteiger partial charge in [0, 0.05) is 11.1 Å². The van der Waals surface area contributed by atoms with Crippen LogP contribution in [-0.2, 0) is 0 Å². The van der Waals surface area contributed by atoms with Crippen molar-refractivity contribution in [2.45, 2.75) is 17.2 Å². The molecule has 2 aromatic carbocycles. The molecule has 144 valence electrons. The lowest BCUT2D eigenvalue weighted by molar-refractivity contribution is -0.570. The highest BCUT2D eigenvalue weighted by Gasteiger charge is 2.61. The van der Waals surface area contributed by atoms with Gasteiger partial charge in [0.05, 0.1) is 26.3 Å². The number of fused-ring (bicyclic) bond motifs is 1. The number of ether oxygens (including phenoxy) is 4. The number of halogens is 1. The van der Waals surface area contributed by atoms with Crippen molar-refractivity contribution in [1.82, 2.24) is 0 Å². The van der Waals surface area contributed by atoms with Crippen LogP contribution in [-0.4, -0.2) is 36.4 Å². The van der Waals surface area contributed by atoms with Crippen molar-refractivity contribution < 1.29 is 29.0 Å². The Kier molecular flexibility index (Phi) is 5.03. The first-order chi connectivity index (χ1) is 12.9. The number of nitro groups is 1. The number of para-hydroxylation sites is 1. The Morgan fingerprint density at radius 1 is 1.15 bits per heavy atom. The number of hydrogen-bond acceptors (Lipinski definition) is 7. The van der Waals surface area contributed by atoms with Crippen LogP contribution >= 0.6 is 11.6 Å². The van der Waals surface area contributed by atoms with E-state index < -0.39 is 22.1 Å². The zero-order valence-electron chi connectivity index (χ0n) is 14.8. The topological polar surface area (TPSA) is 100 Å². The van der Waals surface area contributed by atoms with Crippen molar-refractivity contribution in [3.8, 4) is 23.0 Å². The molecule has 1 N–H and O–H groups in total. The second kappa shape index (κ2) is 7.13. The van der Waals surface area contributed by atoms with Gasteiger partial charge in [-0.25, -0.2) is 0 Å². The monoisotopic (exact) mass is 395 g/mol. The van der Waals surface area contributed by atoms with Gasteiger partial charge in [-0.3, -0.25) is 10.1 Å². The molecule has 27 heavy (non-hydrogen) atoms. The summed E-state index contributed by atoms with van der Waals surface area (Å²) in [6.07, 6.45) is -2.91. The van der Waals surface area contributed by atoms with Crippen molar-refractivity contribution in [3.63, 3.8) is 0 Å². The minimum Gasteiger partial charge on any atom is -0.493 e. The van der Waals surface area contributed by atoms with Crippen LogP contribution in [0.2, 0.25) is 0 Å². The summed E-state index contributed by atoms with van der Waals surface area (Å²) >= 11 is 6.37. The molecule has 3 atom stereocenters. The van der Waals surface area contributed by atoms with E-state index in [0.29, 0.717) is 17.1 Å². The van der Waals surface area contributed by atoms with E-state index in [-0.39, 0.29) is 17.1 Å². The van der Waals surface area contributed by atoms with Crippen LogP contribution < -0.4 is 18.9 Å². The number of benzene rings is 2. The molecule has 1 heterocycles. The molecule has 0 fully saturated rings. The van der Waals surface area contributed by atoms with Gasteiger partial charge < -0.3 is 24.1 Å². The third kappa shape index (κ3) is 2.90. The van der Waals surface area contributed by atoms with Gasteiger partial charge in [-0.2, -0.15) is 0 Å². The van der Waals surface area contributed by atoms with Gasteiger partial charge in [-0.15, -0.1) is 0 Å². The van der Waals surface area contributed by atoms with Crippen molar-refractivity contribution in [2.75, 3.05) is 21.3 Å². The quantitative estimate of drug-likeness (QED) is 0.359. The van der Waals surface area contributed by atoms with Gasteiger partial charge in [0.25, 0.3) is 0 Å². The molecule has 2 aromatic rings. The molecule has 3 rings (SSSR count). The normalized spacial score (nSPS) is 23.7. The van der Waals surface area contributed by atoms with Gasteiger partial charge >= 0.3 is 5.00 Å². The molecule has 9 heteroatoms. The fraction of sp³-hybridized carbons (Fsp3) is 0.333. The van der Waals surface area contributed by atoms with E-state index >= 15 is 0 Å². The third-order valence-electron chi connectivity index (χ3n) is 4.48. The number of nitrogens with zero attached hydrogens (tertiary/aromatic N) is 1. The zero-order chi connectivity index (χ0) is 19.8. The lowest BCUT2D eigenvalue weighted by Crippen LogP contribution is -2.49. The van der Waals surface area contributed by atoms with Gasteiger partial charge in [-0.1, -0.05) is 18.2 Å². The minimum absolute atomic E-state index is 0.243. The van der Waals surface area contributed by atoms with Crippen LogP contribution in [0.1, 0.15) is 23.3 Å². The lowest BCUT2D eigenvalue weighted by Gasteiger charge is -2.37. The maximum atomic E-state index is 11.9. The highest BCUT2D eigenvalue weighted by Crippen LogP contribution is 2.53. The first kappa shape index (κ1) is 19.1. The summed E-state index contributed by atoms with van der Waals surface area (Å²) in [7, 11) is 4.29. The first-order valence-corrected chi connectivity index (χ1v) is 8.33. The van der Waals surface area contributed by atoms with Crippen LogP contribution in [0.4, 0.5) is 0 Å². The predicted octanol–water partition coefficient (Wildman–Crippen LogP) is 3.09. The van der Waals surface area contributed by atoms with Gasteiger partial charge in [-0.05, 0) is 29.8 Å². The largest absolute Gasteiger partial charge is 0.493 e. The van der Waals surface area contributed by atoms with E-state index in [1.54, 1.807) is 18.2 Å². The van der Waals surface area contributed by atoms with Crippen molar-refractivity contribution in [2.24, 2.45) is 0 Å². The number of aliphatic hydroxyl groups excluding tert-OH is 1. The standard InChI is InChI=1S/C18H18ClNO7/c1-24-13-8-10(9-14(25-2)15(13)26-3)17-18(19,20(22)23)16(21)11-6-4-5-7-12(11)27-17/h4-9,16-17,21H,1-3H3. The smallest absolute Gasteiger partial charge is 0.364 e. The summed E-state index contributed by atoms with van der Waals surface area (Å²) in [6, 6.07) is 9.50. The Morgan fingerprint density at radius 3 is 2.26 bits per heavy atom. The lowest BCUT2D eigenvalue weighted by atomic mass is 9.89. The van der Waals surface area contributed by atoms with E-state index in [9.17, 15) is 15.2 Å². The number of rotatable bonds is 5. The summed E-state index contributed by atoms with van der Waals surface area (Å²) in [5.74, 6) is 1.20. The Labute approximate surface area is 160 Å². The zero-order valence-corrected chi connectivity index (χ0v) is 15.6. The third-order valence-corrected chi connectivity index (χ3v) is 5.02. The van der Waals surface area contributed by atoms with Crippen molar-refractivity contribution in [1.29, 1.82) is 0 Å². The molecule has 0 saturated carbocycles. The molecule has 8 nitrogen and oxygen atoms in total. The Hall–Kier alpha value is -2.71. The van der Waals surface area contributed by atoms with Gasteiger partial charge in [0.15, 0.2) is 17.6 Å². The summed E-state index contributed by atoms with van der Waals surface area (Å²) in [4.78, 5) is 8.76. The maximum Gasteiger partial charge on any atom is 0.364 e. The van der Waals surface area contributed by atoms with Crippen LogP contribution in [0.3, 0.4) is 0 Å². The highest BCUT2D eigenvalue weighted by atomic mass is 35.5. The van der Waals surface area contributed by atoms with Crippen molar-refractivity contribution >= 4 is 11.6 Å². The molecule has 3 unspecified atom stereocenters. The van der Waals surface area contributed by atoms with Crippen LogP contribution in [0.5, 0.6) is 23.0 Å². The number of aliphatic hydroxyl groups is 1. The summed E-state index contributed by atoms with van der Waals surface area (Å²) in [5, 5.41) is 22.6. The Morgan fingerprint density at radius 2 is 1.74 bits per heavy atom. The van der Waals surface area contributed by atoms with Crippen LogP contribution in [0.15, 0.2) is 36.4 Å². The molecule has 0 amide bonds. The molecular weight excluding hydrogens is 378 g/mol. The van der Waals surface area contributed by atoms with Crippen LogP contribution in [0, 0.1) is 10.1 Å². The number of hydrogen-bond donors (Lipinski definition) is 1. The highest BCUT2D eigenvalue weighted by molar-refractivity contribution is 6.23. The SMILES string of the molecule is COc1cc(C2Oc3ccccc3C(O)C2(Cl)[N+](=O)[O-])cc(OC)c1OC. The molecule has 0 saturated heterocycles. The minimum atomic E-state index is -2.35. The van der Waals surface area contributed by atoms with Crippen molar-refractivity contribution in [3.05, 3.63) is 57.6 Å². The summed E-state index contributed by atoms with van der Waals surface area (Å²) < 4.78 is 21.7. The second-order valence-electron chi connectivity index (χ2n) is 5.88. The molecule has 1 aliphatic rings. The Balaban J connectivity index is 2.21. The average molecular weight is 396 g/mol. The molecule has 1 aliphatic heterocycles. The second-order valence-corrected chi connectivity index (χ2v) is 6.49. The maximum absolute atomic E-state index is 11.9. The molecular formula is C18H18ClNO7. The van der Waals surface area contributed by atoms with E-state index in [0.717, 1.165) is 0 Å². The number of alkyl halides is 1.